The fourth-order valence-corrected chi connectivity index (χ4v) is 3.38. The summed E-state index contributed by atoms with van der Waals surface area (Å²) in [7, 11) is -0.432. The zero-order valence-electron chi connectivity index (χ0n) is 15.8. The Kier molecular flexibility index (Phi) is 4.64. The Morgan fingerprint density at radius 2 is 1.42 bits per heavy atom. The van der Waals surface area contributed by atoms with E-state index in [0.717, 1.165) is 29.7 Å². The highest BCUT2D eigenvalue weighted by Crippen LogP contribution is 2.36. The van der Waals surface area contributed by atoms with E-state index in [1.165, 1.54) is 19.3 Å². The summed E-state index contributed by atoms with van der Waals surface area (Å²) in [5, 5.41) is 0. The number of nitrogens with zero attached hydrogens (tertiary/aromatic N) is 2. The third-order valence-electron chi connectivity index (χ3n) is 5.62. The van der Waals surface area contributed by atoms with Crippen molar-refractivity contribution in [3.05, 3.63) is 11.4 Å². The predicted molar refractivity (Wildman–Crippen MR) is 94.7 cm³/mol. The maximum atomic E-state index is 6.16. The van der Waals surface area contributed by atoms with Gasteiger partial charge < -0.3 is 14.0 Å². The van der Waals surface area contributed by atoms with Gasteiger partial charge in [-0.25, -0.2) is 9.97 Å². The lowest BCUT2D eigenvalue weighted by Crippen LogP contribution is -2.41. The Morgan fingerprint density at radius 1 is 0.917 bits per heavy atom. The minimum Gasteiger partial charge on any atom is -0.460 e. The number of aromatic nitrogens is 2. The monoisotopic (exact) mass is 332 g/mol. The van der Waals surface area contributed by atoms with Gasteiger partial charge in [0.2, 0.25) is 0 Å². The number of hydrogen-bond acceptors (Lipinski definition) is 5. The van der Waals surface area contributed by atoms with Crippen LogP contribution in [0.25, 0.3) is 0 Å². The van der Waals surface area contributed by atoms with Gasteiger partial charge in [-0.3, -0.25) is 0 Å². The van der Waals surface area contributed by atoms with Crippen molar-refractivity contribution in [2.24, 2.45) is 0 Å². The molecule has 0 unspecified atom stereocenters. The molecule has 24 heavy (non-hydrogen) atoms. The smallest absolute Gasteiger partial charge is 0.460 e. The summed E-state index contributed by atoms with van der Waals surface area (Å²) in [4.78, 5) is 9.15. The quantitative estimate of drug-likeness (QED) is 0.796. The minimum absolute atomic E-state index is 0.250. The van der Waals surface area contributed by atoms with E-state index in [9.17, 15) is 0 Å². The van der Waals surface area contributed by atoms with Crippen molar-refractivity contribution in [3.8, 4) is 6.01 Å². The second-order valence-electron chi connectivity index (χ2n) is 8.06. The molecule has 0 amide bonds. The van der Waals surface area contributed by atoms with Gasteiger partial charge in [-0.1, -0.05) is 6.42 Å². The van der Waals surface area contributed by atoms with Crippen molar-refractivity contribution in [2.45, 2.75) is 91.0 Å². The van der Waals surface area contributed by atoms with E-state index in [1.54, 1.807) is 0 Å². The number of ether oxygens (including phenoxy) is 1. The van der Waals surface area contributed by atoms with Crippen LogP contribution in [0.5, 0.6) is 6.01 Å². The van der Waals surface area contributed by atoms with Crippen LogP contribution in [0, 0.1) is 13.8 Å². The molecule has 0 N–H and O–H groups in total. The summed E-state index contributed by atoms with van der Waals surface area (Å²) in [5.74, 6) is 0. The molecule has 1 aromatic rings. The van der Waals surface area contributed by atoms with Crippen LogP contribution in [0.4, 0.5) is 0 Å². The largest absolute Gasteiger partial charge is 0.498 e. The molecule has 1 saturated carbocycles. The number of rotatable bonds is 3. The lowest BCUT2D eigenvalue weighted by molar-refractivity contribution is 0.00578. The van der Waals surface area contributed by atoms with E-state index in [-0.39, 0.29) is 17.3 Å². The summed E-state index contributed by atoms with van der Waals surface area (Å²) in [6.45, 7) is 12.2. The lowest BCUT2D eigenvalue weighted by atomic mass is 9.77. The Labute approximate surface area is 145 Å². The molecule has 6 heteroatoms. The van der Waals surface area contributed by atoms with Crippen molar-refractivity contribution in [3.63, 3.8) is 0 Å². The van der Waals surface area contributed by atoms with Gasteiger partial charge in [-0.15, -0.1) is 0 Å². The topological polar surface area (TPSA) is 53.5 Å². The summed E-state index contributed by atoms with van der Waals surface area (Å²) >= 11 is 0. The van der Waals surface area contributed by atoms with Crippen LogP contribution in [0.15, 0.2) is 0 Å². The van der Waals surface area contributed by atoms with Gasteiger partial charge in [0.15, 0.2) is 0 Å². The molecule has 0 spiro atoms. The van der Waals surface area contributed by atoms with Gasteiger partial charge in [0.05, 0.1) is 11.2 Å². The van der Waals surface area contributed by atoms with Crippen LogP contribution in [0.2, 0.25) is 0 Å². The van der Waals surface area contributed by atoms with E-state index < -0.39 is 7.12 Å². The fraction of sp³-hybridized carbons (Fsp3) is 0.778. The van der Waals surface area contributed by atoms with E-state index in [0.29, 0.717) is 6.01 Å². The average Bonchev–Trinajstić information content (AvgIpc) is 2.67. The molecule has 0 atom stereocenters. The second-order valence-corrected chi connectivity index (χ2v) is 8.06. The van der Waals surface area contributed by atoms with Crippen molar-refractivity contribution in [2.75, 3.05) is 0 Å². The summed E-state index contributed by atoms with van der Waals surface area (Å²) in [6, 6.07) is 0.483. The Hall–Kier alpha value is -1.14. The van der Waals surface area contributed by atoms with E-state index in [4.69, 9.17) is 14.0 Å². The van der Waals surface area contributed by atoms with Gasteiger partial charge in [0, 0.05) is 16.9 Å². The first kappa shape index (κ1) is 17.7. The normalized spacial score (nSPS) is 23.5. The molecule has 0 radical (unpaired) electrons. The van der Waals surface area contributed by atoms with Gasteiger partial charge >= 0.3 is 13.1 Å². The Bertz CT molecular complexity index is 573. The molecule has 2 heterocycles. The molecular weight excluding hydrogens is 303 g/mol. The first-order chi connectivity index (χ1) is 11.2. The Balaban J connectivity index is 1.80. The zero-order chi connectivity index (χ0) is 17.5. The number of aryl methyl sites for hydroxylation is 2. The first-order valence-corrected chi connectivity index (χ1v) is 9.07. The highest BCUT2D eigenvalue weighted by Gasteiger charge is 2.52. The van der Waals surface area contributed by atoms with Crippen LogP contribution in [-0.4, -0.2) is 34.4 Å². The standard InChI is InChI=1S/C18H29BN2O3/c1-12-15(19-23-17(3,4)18(5,6)24-19)13(2)21-16(20-12)22-14-10-8-7-9-11-14/h14H,7-11H2,1-6H3. The third-order valence-corrected chi connectivity index (χ3v) is 5.62. The van der Waals surface area contributed by atoms with Gasteiger partial charge in [0.1, 0.15) is 6.10 Å². The van der Waals surface area contributed by atoms with E-state index in [2.05, 4.69) is 37.7 Å². The van der Waals surface area contributed by atoms with Gasteiger partial charge in [0.25, 0.3) is 0 Å². The van der Waals surface area contributed by atoms with Crippen LogP contribution >= 0.6 is 0 Å². The second kappa shape index (κ2) is 6.30. The molecule has 2 aliphatic rings. The van der Waals surface area contributed by atoms with Gasteiger partial charge in [-0.05, 0) is 67.2 Å². The molecule has 2 fully saturated rings. The fourth-order valence-electron chi connectivity index (χ4n) is 3.38. The first-order valence-electron chi connectivity index (χ1n) is 9.07. The molecule has 0 aromatic carbocycles. The molecule has 1 aliphatic heterocycles. The maximum absolute atomic E-state index is 6.16. The molecular formula is C18H29BN2O3. The molecule has 132 valence electrons. The molecule has 0 bridgehead atoms. The molecule has 1 aromatic heterocycles. The van der Waals surface area contributed by atoms with Crippen LogP contribution in [0.3, 0.4) is 0 Å². The summed E-state index contributed by atoms with van der Waals surface area (Å²) in [6.07, 6.45) is 6.21. The van der Waals surface area contributed by atoms with Crippen LogP contribution in [0.1, 0.15) is 71.2 Å². The highest BCUT2D eigenvalue weighted by atomic mass is 16.7. The van der Waals surface area contributed by atoms with Gasteiger partial charge in [-0.2, -0.15) is 0 Å². The zero-order valence-corrected chi connectivity index (χ0v) is 15.8. The Morgan fingerprint density at radius 3 is 1.92 bits per heavy atom. The average molecular weight is 332 g/mol. The summed E-state index contributed by atoms with van der Waals surface area (Å²) < 4.78 is 18.3. The summed E-state index contributed by atoms with van der Waals surface area (Å²) in [5.41, 5.74) is 1.92. The SMILES string of the molecule is Cc1nc(OC2CCCCC2)nc(C)c1B1OC(C)(C)C(C)(C)O1. The maximum Gasteiger partial charge on any atom is 0.498 e. The van der Waals surface area contributed by atoms with Crippen LogP contribution < -0.4 is 10.2 Å². The van der Waals surface area contributed by atoms with Crippen LogP contribution in [-0.2, 0) is 9.31 Å². The predicted octanol–water partition coefficient (Wildman–Crippen LogP) is 3.10. The molecule has 5 nitrogen and oxygen atoms in total. The minimum atomic E-state index is -0.432. The van der Waals surface area contributed by atoms with Crippen molar-refractivity contribution >= 4 is 12.6 Å². The molecule has 1 aliphatic carbocycles. The molecule has 1 saturated heterocycles. The van der Waals surface area contributed by atoms with E-state index in [1.807, 2.05) is 13.8 Å². The third kappa shape index (κ3) is 3.31. The number of hydrogen-bond donors (Lipinski definition) is 0. The van der Waals surface area contributed by atoms with Crippen molar-refractivity contribution in [1.82, 2.24) is 9.97 Å². The molecule has 3 rings (SSSR count). The van der Waals surface area contributed by atoms with E-state index >= 15 is 0 Å². The van der Waals surface area contributed by atoms with Crippen molar-refractivity contribution < 1.29 is 14.0 Å². The highest BCUT2D eigenvalue weighted by molar-refractivity contribution is 6.63. The van der Waals surface area contributed by atoms with Crippen molar-refractivity contribution in [1.29, 1.82) is 0 Å². The lowest BCUT2D eigenvalue weighted by Gasteiger charge is -2.32.